The van der Waals surface area contributed by atoms with Gasteiger partial charge in [0.05, 0.1) is 18.2 Å². The van der Waals surface area contributed by atoms with E-state index in [0.29, 0.717) is 16.5 Å². The molecule has 1 aliphatic carbocycles. The van der Waals surface area contributed by atoms with Crippen LogP contribution in [0.2, 0.25) is 0 Å². The molecule has 1 aliphatic rings. The summed E-state index contributed by atoms with van der Waals surface area (Å²) in [6, 6.07) is 5.81. The summed E-state index contributed by atoms with van der Waals surface area (Å²) in [6.45, 7) is 6.75. The van der Waals surface area contributed by atoms with Crippen LogP contribution in [0, 0.1) is 17.2 Å². The number of carbonyl (C=O) groups is 2. The third kappa shape index (κ3) is 3.83. The van der Waals surface area contributed by atoms with Crippen LogP contribution in [0.1, 0.15) is 64.8 Å². The second-order valence-corrected chi connectivity index (χ2v) is 9.02. The van der Waals surface area contributed by atoms with Crippen LogP contribution in [0.5, 0.6) is 0 Å². The van der Waals surface area contributed by atoms with Gasteiger partial charge in [0, 0.05) is 4.88 Å². The molecule has 1 aromatic carbocycles. The maximum absolute atomic E-state index is 14.0. The van der Waals surface area contributed by atoms with E-state index in [0.717, 1.165) is 36.1 Å². The average Bonchev–Trinajstić information content (AvgIpc) is 3.04. The van der Waals surface area contributed by atoms with Crippen LogP contribution >= 0.6 is 11.3 Å². The smallest absolute Gasteiger partial charge is 0.341 e. The third-order valence-electron chi connectivity index (χ3n) is 6.02. The minimum Gasteiger partial charge on any atom is -0.465 e. The minimum atomic E-state index is -0.592. The molecule has 1 amide bonds. The number of hydrogen-bond donors (Lipinski definition) is 1. The van der Waals surface area contributed by atoms with Crippen LogP contribution < -0.4 is 5.32 Å². The Balaban J connectivity index is 1.95. The molecule has 0 fully saturated rings. The molecule has 1 heterocycles. The maximum Gasteiger partial charge on any atom is 0.341 e. The lowest BCUT2D eigenvalue weighted by molar-refractivity contribution is 0.0600. The van der Waals surface area contributed by atoms with E-state index in [-0.39, 0.29) is 11.0 Å². The molecule has 6 heteroatoms. The number of fused-ring (bicyclic) bond motifs is 1. The van der Waals surface area contributed by atoms with E-state index in [4.69, 9.17) is 4.74 Å². The predicted molar refractivity (Wildman–Crippen MR) is 110 cm³/mol. The molecule has 0 saturated carbocycles. The Morgan fingerprint density at radius 2 is 2.04 bits per heavy atom. The summed E-state index contributed by atoms with van der Waals surface area (Å²) in [5.41, 5.74) is 1.54. The fourth-order valence-corrected chi connectivity index (χ4v) is 5.07. The van der Waals surface area contributed by atoms with Crippen molar-refractivity contribution in [1.82, 2.24) is 0 Å². The van der Waals surface area contributed by atoms with Gasteiger partial charge in [-0.3, -0.25) is 4.79 Å². The molecule has 0 aliphatic heterocycles. The van der Waals surface area contributed by atoms with Crippen molar-refractivity contribution in [2.45, 2.75) is 46.5 Å². The van der Waals surface area contributed by atoms with Gasteiger partial charge in [0.2, 0.25) is 0 Å². The summed E-state index contributed by atoms with van der Waals surface area (Å²) in [5, 5.41) is 3.19. The van der Waals surface area contributed by atoms with Crippen LogP contribution in [-0.2, 0) is 17.6 Å². The van der Waals surface area contributed by atoms with Gasteiger partial charge < -0.3 is 10.1 Å². The molecule has 150 valence electrons. The summed E-state index contributed by atoms with van der Waals surface area (Å²) in [7, 11) is 1.33. The van der Waals surface area contributed by atoms with Gasteiger partial charge in [0.1, 0.15) is 10.8 Å². The number of hydrogen-bond acceptors (Lipinski definition) is 4. The third-order valence-corrected chi connectivity index (χ3v) is 7.19. The second-order valence-electron chi connectivity index (χ2n) is 7.92. The highest BCUT2D eigenvalue weighted by molar-refractivity contribution is 7.17. The molecule has 0 bridgehead atoms. The van der Waals surface area contributed by atoms with Gasteiger partial charge in [-0.05, 0) is 48.3 Å². The lowest BCUT2D eigenvalue weighted by atomic mass is 9.69. The monoisotopic (exact) mass is 403 g/mol. The van der Waals surface area contributed by atoms with E-state index in [1.807, 2.05) is 0 Å². The van der Waals surface area contributed by atoms with Gasteiger partial charge in [0.15, 0.2) is 0 Å². The van der Waals surface area contributed by atoms with Crippen molar-refractivity contribution < 1.29 is 18.7 Å². The summed E-state index contributed by atoms with van der Waals surface area (Å²) < 4.78 is 18.9. The molecule has 1 atom stereocenters. The van der Waals surface area contributed by atoms with Crippen LogP contribution in [-0.4, -0.2) is 19.0 Å². The molecule has 1 aromatic heterocycles. The van der Waals surface area contributed by atoms with Gasteiger partial charge in [-0.2, -0.15) is 0 Å². The molecule has 4 nitrogen and oxygen atoms in total. The number of ether oxygens (including phenoxy) is 1. The van der Waals surface area contributed by atoms with E-state index in [1.165, 1.54) is 36.6 Å². The number of esters is 1. The molecular weight excluding hydrogens is 377 g/mol. The zero-order valence-electron chi connectivity index (χ0n) is 16.7. The first-order valence-electron chi connectivity index (χ1n) is 9.57. The number of methoxy groups -OCH3 is 1. The Labute approximate surface area is 169 Å². The number of halogens is 1. The van der Waals surface area contributed by atoms with Crippen molar-refractivity contribution in [1.29, 1.82) is 0 Å². The molecule has 1 N–H and O–H groups in total. The highest BCUT2D eigenvalue weighted by atomic mass is 32.1. The quantitative estimate of drug-likeness (QED) is 0.674. The lowest BCUT2D eigenvalue weighted by Crippen LogP contribution is -2.28. The van der Waals surface area contributed by atoms with Gasteiger partial charge in [-0.1, -0.05) is 39.3 Å². The van der Waals surface area contributed by atoms with Crippen molar-refractivity contribution in [2.24, 2.45) is 11.3 Å². The molecule has 0 radical (unpaired) electrons. The maximum atomic E-state index is 14.0. The summed E-state index contributed by atoms with van der Waals surface area (Å²) in [4.78, 5) is 26.1. The van der Waals surface area contributed by atoms with Crippen molar-refractivity contribution in [3.8, 4) is 0 Å². The molecular formula is C22H26FNO3S. The number of rotatable bonds is 5. The van der Waals surface area contributed by atoms with E-state index in [1.54, 1.807) is 6.07 Å². The van der Waals surface area contributed by atoms with E-state index >= 15 is 0 Å². The number of benzene rings is 1. The molecule has 3 rings (SSSR count). The van der Waals surface area contributed by atoms with Gasteiger partial charge in [-0.15, -0.1) is 11.3 Å². The van der Waals surface area contributed by atoms with Crippen molar-refractivity contribution in [2.75, 3.05) is 12.4 Å². The fourth-order valence-electron chi connectivity index (χ4n) is 3.76. The Hall–Kier alpha value is -2.21. The number of amides is 1. The number of nitrogens with one attached hydrogen (secondary N) is 1. The zero-order chi connectivity index (χ0) is 20.5. The topological polar surface area (TPSA) is 55.4 Å². The summed E-state index contributed by atoms with van der Waals surface area (Å²) in [5.74, 6) is -1.10. The highest BCUT2D eigenvalue weighted by Crippen LogP contribution is 2.45. The molecule has 0 saturated heterocycles. The minimum absolute atomic E-state index is 0.0466. The standard InChI is InChI=1S/C22H26FNO3S/c1-5-22(2,3)13-10-11-15-17(12-13)28-20(18(15)21(26)27-4)24-19(25)14-8-6-7-9-16(14)23/h6-9,13H,5,10-12H2,1-4H3,(H,24,25). The molecule has 1 unspecified atom stereocenters. The van der Waals surface area contributed by atoms with E-state index in [2.05, 4.69) is 26.1 Å². The molecule has 28 heavy (non-hydrogen) atoms. The first-order valence-corrected chi connectivity index (χ1v) is 10.4. The second kappa shape index (κ2) is 8.03. The van der Waals surface area contributed by atoms with Crippen molar-refractivity contribution in [3.63, 3.8) is 0 Å². The van der Waals surface area contributed by atoms with Crippen LogP contribution in [0.4, 0.5) is 9.39 Å². The predicted octanol–water partition coefficient (Wildman–Crippen LogP) is 5.47. The Morgan fingerprint density at radius 1 is 1.32 bits per heavy atom. The Kier molecular flexibility index (Phi) is 5.89. The van der Waals surface area contributed by atoms with E-state index in [9.17, 15) is 14.0 Å². The highest BCUT2D eigenvalue weighted by Gasteiger charge is 2.35. The van der Waals surface area contributed by atoms with Gasteiger partial charge >= 0.3 is 5.97 Å². The van der Waals surface area contributed by atoms with Crippen LogP contribution in [0.3, 0.4) is 0 Å². The van der Waals surface area contributed by atoms with Crippen molar-refractivity contribution >= 4 is 28.2 Å². The number of carbonyl (C=O) groups excluding carboxylic acids is 2. The Morgan fingerprint density at radius 3 is 2.68 bits per heavy atom. The first-order chi connectivity index (χ1) is 13.3. The van der Waals surface area contributed by atoms with E-state index < -0.39 is 17.7 Å². The van der Waals surface area contributed by atoms with Gasteiger partial charge in [-0.25, -0.2) is 9.18 Å². The summed E-state index contributed by atoms with van der Waals surface area (Å²) in [6.07, 6.45) is 3.73. The lowest BCUT2D eigenvalue weighted by Gasteiger charge is -2.36. The number of anilines is 1. The SMILES string of the molecule is CCC(C)(C)C1CCc2c(sc(NC(=O)c3ccccc3F)c2C(=O)OC)C1. The van der Waals surface area contributed by atoms with Gasteiger partial charge in [0.25, 0.3) is 5.91 Å². The fraction of sp³-hybridized carbons (Fsp3) is 0.455. The van der Waals surface area contributed by atoms with Crippen molar-refractivity contribution in [3.05, 3.63) is 51.7 Å². The zero-order valence-corrected chi connectivity index (χ0v) is 17.5. The molecule has 0 spiro atoms. The Bertz CT molecular complexity index is 903. The number of thiophene rings is 1. The first kappa shape index (κ1) is 20.5. The normalized spacial score (nSPS) is 16.4. The summed E-state index contributed by atoms with van der Waals surface area (Å²) >= 11 is 1.41. The van der Waals surface area contributed by atoms with Crippen LogP contribution in [0.25, 0.3) is 0 Å². The van der Waals surface area contributed by atoms with Crippen LogP contribution in [0.15, 0.2) is 24.3 Å². The largest absolute Gasteiger partial charge is 0.465 e. The average molecular weight is 404 g/mol. The molecule has 2 aromatic rings.